The second kappa shape index (κ2) is 5.61. The Kier molecular flexibility index (Phi) is 4.14. The molecule has 17 heavy (non-hydrogen) atoms. The molecule has 0 bridgehead atoms. The highest BCUT2D eigenvalue weighted by Crippen LogP contribution is 2.32. The molecule has 0 radical (unpaired) electrons. The molecule has 4 N–H and O–H groups in total. The van der Waals surface area contributed by atoms with Crippen molar-refractivity contribution in [3.63, 3.8) is 0 Å². The van der Waals surface area contributed by atoms with E-state index in [4.69, 9.17) is 10.9 Å². The molecule has 1 heterocycles. The molecule has 0 aliphatic heterocycles. The standard InChI is InChI=1S/C10H16BrN5O/c11-8-6-13-10(15-12)14-9(8)16(4-5-17)7-2-1-3-7/h6-7,17H,1-5,12H2,(H,13,14,15). The maximum atomic E-state index is 9.14. The topological polar surface area (TPSA) is 87.3 Å². The Morgan fingerprint density at radius 1 is 1.59 bits per heavy atom. The van der Waals surface area contributed by atoms with Crippen molar-refractivity contribution in [3.05, 3.63) is 10.7 Å². The lowest BCUT2D eigenvalue weighted by atomic mass is 9.91. The van der Waals surface area contributed by atoms with Gasteiger partial charge < -0.3 is 10.0 Å². The van der Waals surface area contributed by atoms with Crippen LogP contribution < -0.4 is 16.2 Å². The summed E-state index contributed by atoms with van der Waals surface area (Å²) in [5.41, 5.74) is 2.43. The number of nitrogens with zero attached hydrogens (tertiary/aromatic N) is 3. The molecule has 2 rings (SSSR count). The summed E-state index contributed by atoms with van der Waals surface area (Å²) in [6, 6.07) is 0.457. The zero-order valence-corrected chi connectivity index (χ0v) is 11.0. The fourth-order valence-electron chi connectivity index (χ4n) is 1.90. The third-order valence-electron chi connectivity index (χ3n) is 2.98. The van der Waals surface area contributed by atoms with Crippen LogP contribution in [0.3, 0.4) is 0 Å². The SMILES string of the molecule is NNc1ncc(Br)c(N(CCO)C2CCC2)n1. The van der Waals surface area contributed by atoms with Gasteiger partial charge in [-0.2, -0.15) is 4.98 Å². The lowest BCUT2D eigenvalue weighted by Gasteiger charge is -2.38. The van der Waals surface area contributed by atoms with E-state index in [-0.39, 0.29) is 6.61 Å². The smallest absolute Gasteiger partial charge is 0.239 e. The maximum absolute atomic E-state index is 9.14. The van der Waals surface area contributed by atoms with Crippen molar-refractivity contribution in [3.8, 4) is 0 Å². The van der Waals surface area contributed by atoms with E-state index < -0.39 is 0 Å². The van der Waals surface area contributed by atoms with Crippen molar-refractivity contribution in [2.45, 2.75) is 25.3 Å². The van der Waals surface area contributed by atoms with E-state index in [1.165, 1.54) is 6.42 Å². The first kappa shape index (κ1) is 12.5. The number of hydrogen-bond acceptors (Lipinski definition) is 6. The van der Waals surface area contributed by atoms with Crippen molar-refractivity contribution >= 4 is 27.7 Å². The normalized spacial score (nSPS) is 15.5. The van der Waals surface area contributed by atoms with Crippen LogP contribution in [0.15, 0.2) is 10.7 Å². The minimum atomic E-state index is 0.109. The monoisotopic (exact) mass is 301 g/mol. The van der Waals surface area contributed by atoms with Crippen LogP contribution in [0.5, 0.6) is 0 Å². The fourth-order valence-corrected chi connectivity index (χ4v) is 2.32. The Balaban J connectivity index is 2.26. The zero-order valence-electron chi connectivity index (χ0n) is 9.43. The number of halogens is 1. The molecule has 0 atom stereocenters. The van der Waals surface area contributed by atoms with Gasteiger partial charge in [-0.1, -0.05) is 0 Å². The lowest BCUT2D eigenvalue weighted by Crippen LogP contribution is -2.42. The molecule has 1 aliphatic carbocycles. The van der Waals surface area contributed by atoms with E-state index in [1.54, 1.807) is 6.20 Å². The summed E-state index contributed by atoms with van der Waals surface area (Å²) < 4.78 is 0.817. The van der Waals surface area contributed by atoms with E-state index in [9.17, 15) is 0 Å². The summed E-state index contributed by atoms with van der Waals surface area (Å²) in [5.74, 6) is 6.47. The average molecular weight is 302 g/mol. The number of rotatable bonds is 5. The Morgan fingerprint density at radius 3 is 2.88 bits per heavy atom. The highest BCUT2D eigenvalue weighted by Gasteiger charge is 2.27. The number of aliphatic hydroxyl groups is 1. The summed E-state index contributed by atoms with van der Waals surface area (Å²) >= 11 is 3.43. The van der Waals surface area contributed by atoms with Crippen LogP contribution in [0.1, 0.15) is 19.3 Å². The number of nitrogens with one attached hydrogen (secondary N) is 1. The van der Waals surface area contributed by atoms with Gasteiger partial charge in [-0.05, 0) is 35.2 Å². The number of nitrogens with two attached hydrogens (primary N) is 1. The molecular weight excluding hydrogens is 286 g/mol. The van der Waals surface area contributed by atoms with Crippen molar-refractivity contribution in [2.75, 3.05) is 23.5 Å². The third-order valence-corrected chi connectivity index (χ3v) is 3.54. The number of aromatic nitrogens is 2. The number of nitrogen functional groups attached to an aromatic ring is 1. The molecular formula is C10H16BrN5O. The van der Waals surface area contributed by atoms with Gasteiger partial charge in [0.15, 0.2) is 0 Å². The van der Waals surface area contributed by atoms with Gasteiger partial charge in [-0.25, -0.2) is 10.8 Å². The van der Waals surface area contributed by atoms with Gasteiger partial charge in [0.05, 0.1) is 11.1 Å². The van der Waals surface area contributed by atoms with E-state index in [0.29, 0.717) is 18.5 Å². The van der Waals surface area contributed by atoms with Crippen molar-refractivity contribution < 1.29 is 5.11 Å². The van der Waals surface area contributed by atoms with E-state index >= 15 is 0 Å². The molecule has 0 aromatic carbocycles. The second-order valence-electron chi connectivity index (χ2n) is 4.01. The molecule has 1 aromatic heterocycles. The first-order valence-electron chi connectivity index (χ1n) is 5.63. The predicted molar refractivity (Wildman–Crippen MR) is 69.6 cm³/mol. The quantitative estimate of drug-likeness (QED) is 0.553. The largest absolute Gasteiger partial charge is 0.395 e. The Labute approximate surface area is 108 Å². The number of hydrazine groups is 1. The van der Waals surface area contributed by atoms with Crippen LogP contribution in [0, 0.1) is 0 Å². The lowest BCUT2D eigenvalue weighted by molar-refractivity contribution is 0.283. The van der Waals surface area contributed by atoms with Crippen LogP contribution in [-0.2, 0) is 0 Å². The zero-order chi connectivity index (χ0) is 12.3. The van der Waals surface area contributed by atoms with E-state index in [0.717, 1.165) is 23.1 Å². The third kappa shape index (κ3) is 2.67. The van der Waals surface area contributed by atoms with Crippen LogP contribution >= 0.6 is 15.9 Å². The molecule has 0 spiro atoms. The summed E-state index contributed by atoms with van der Waals surface area (Å²) in [4.78, 5) is 10.5. The summed E-state index contributed by atoms with van der Waals surface area (Å²) in [6.45, 7) is 0.683. The molecule has 1 saturated carbocycles. The van der Waals surface area contributed by atoms with Gasteiger partial charge in [0.2, 0.25) is 5.95 Å². The minimum absolute atomic E-state index is 0.109. The van der Waals surface area contributed by atoms with E-state index in [1.807, 2.05) is 0 Å². The first-order valence-corrected chi connectivity index (χ1v) is 6.42. The van der Waals surface area contributed by atoms with Crippen molar-refractivity contribution in [1.82, 2.24) is 9.97 Å². The molecule has 1 aromatic rings. The molecule has 0 saturated heterocycles. The van der Waals surface area contributed by atoms with Crippen LogP contribution in [0.4, 0.5) is 11.8 Å². The van der Waals surface area contributed by atoms with Crippen molar-refractivity contribution in [2.24, 2.45) is 5.84 Å². The molecule has 1 aliphatic rings. The first-order chi connectivity index (χ1) is 8.26. The molecule has 0 amide bonds. The number of anilines is 2. The molecule has 0 unspecified atom stereocenters. The molecule has 7 heteroatoms. The second-order valence-corrected chi connectivity index (χ2v) is 4.87. The Hall–Kier alpha value is -0.920. The highest BCUT2D eigenvalue weighted by molar-refractivity contribution is 9.10. The Bertz CT molecular complexity index is 385. The van der Waals surface area contributed by atoms with Gasteiger partial charge in [0.1, 0.15) is 5.82 Å². The van der Waals surface area contributed by atoms with Crippen molar-refractivity contribution in [1.29, 1.82) is 0 Å². The molecule has 6 nitrogen and oxygen atoms in total. The van der Waals surface area contributed by atoms with Gasteiger partial charge in [0, 0.05) is 18.8 Å². The highest BCUT2D eigenvalue weighted by atomic mass is 79.9. The fraction of sp³-hybridized carbons (Fsp3) is 0.600. The van der Waals surface area contributed by atoms with Crippen LogP contribution in [0.2, 0.25) is 0 Å². The Morgan fingerprint density at radius 2 is 2.35 bits per heavy atom. The van der Waals surface area contributed by atoms with Gasteiger partial charge in [-0.15, -0.1) is 0 Å². The molecule has 1 fully saturated rings. The van der Waals surface area contributed by atoms with Crippen LogP contribution in [0.25, 0.3) is 0 Å². The van der Waals surface area contributed by atoms with Gasteiger partial charge in [0.25, 0.3) is 0 Å². The average Bonchev–Trinajstić information content (AvgIpc) is 2.27. The predicted octanol–water partition coefficient (Wildman–Crippen LogP) is 0.876. The van der Waals surface area contributed by atoms with Gasteiger partial charge in [-0.3, -0.25) is 5.43 Å². The summed E-state index contributed by atoms with van der Waals surface area (Å²) in [7, 11) is 0. The summed E-state index contributed by atoms with van der Waals surface area (Å²) in [5, 5.41) is 9.14. The number of aliphatic hydroxyl groups excluding tert-OH is 1. The van der Waals surface area contributed by atoms with Gasteiger partial charge >= 0.3 is 0 Å². The maximum Gasteiger partial charge on any atom is 0.239 e. The van der Waals surface area contributed by atoms with Crippen LogP contribution in [-0.4, -0.2) is 34.3 Å². The van der Waals surface area contributed by atoms with E-state index in [2.05, 4.69) is 36.2 Å². The number of hydrogen-bond donors (Lipinski definition) is 3. The minimum Gasteiger partial charge on any atom is -0.395 e. The summed E-state index contributed by atoms with van der Waals surface area (Å²) in [6.07, 6.45) is 5.18. The molecule has 94 valence electrons.